The van der Waals surface area contributed by atoms with E-state index in [-0.39, 0.29) is 12.3 Å². The van der Waals surface area contributed by atoms with Gasteiger partial charge in [-0.3, -0.25) is 9.59 Å². The van der Waals surface area contributed by atoms with E-state index in [2.05, 4.69) is 33.4 Å². The SMILES string of the molecule is C=CCCCCCCCCCC.CCCCC=CCC(CCCC)C(CC(=O)O)C(=O)O. The van der Waals surface area contributed by atoms with Crippen LogP contribution < -0.4 is 0 Å². The molecule has 0 bridgehead atoms. The number of unbranched alkanes of at least 4 members (excludes halogenated alkanes) is 11. The molecule has 0 rings (SSSR count). The normalized spacial score (nSPS) is 12.7. The van der Waals surface area contributed by atoms with Gasteiger partial charge in [0.15, 0.2) is 0 Å². The third kappa shape index (κ3) is 23.1. The Morgan fingerprint density at radius 3 is 1.81 bits per heavy atom. The first-order valence-corrected chi connectivity index (χ1v) is 13.1. The average Bonchev–Trinajstić information content (AvgIpc) is 2.76. The number of carboxylic acids is 2. The first-order valence-electron chi connectivity index (χ1n) is 13.1. The number of carbonyl (C=O) groups is 2. The van der Waals surface area contributed by atoms with Crippen LogP contribution in [0.15, 0.2) is 24.8 Å². The molecule has 0 saturated carbocycles. The van der Waals surface area contributed by atoms with Crippen LogP contribution in [0.4, 0.5) is 0 Å². The van der Waals surface area contributed by atoms with Gasteiger partial charge in [0.1, 0.15) is 0 Å². The van der Waals surface area contributed by atoms with Gasteiger partial charge in [-0.15, -0.1) is 6.58 Å². The van der Waals surface area contributed by atoms with E-state index in [9.17, 15) is 14.7 Å². The highest BCUT2D eigenvalue weighted by Gasteiger charge is 2.29. The molecule has 0 aliphatic rings. The molecule has 4 heteroatoms. The van der Waals surface area contributed by atoms with Crippen LogP contribution in [0.3, 0.4) is 0 Å². The third-order valence-electron chi connectivity index (χ3n) is 5.80. The molecule has 0 amide bonds. The molecule has 0 aromatic carbocycles. The molecule has 0 aliphatic heterocycles. The lowest BCUT2D eigenvalue weighted by Gasteiger charge is -2.21. The fourth-order valence-corrected chi connectivity index (χ4v) is 3.73. The second kappa shape index (κ2) is 25.7. The Hall–Kier alpha value is -1.58. The lowest BCUT2D eigenvalue weighted by molar-refractivity contribution is -0.150. The van der Waals surface area contributed by atoms with E-state index in [0.29, 0.717) is 6.42 Å². The van der Waals surface area contributed by atoms with Gasteiger partial charge in [-0.05, 0) is 38.0 Å². The van der Waals surface area contributed by atoms with Crippen molar-refractivity contribution in [3.05, 3.63) is 24.8 Å². The Bertz CT molecular complexity index is 470. The highest BCUT2D eigenvalue weighted by molar-refractivity contribution is 5.78. The van der Waals surface area contributed by atoms with Gasteiger partial charge in [0.25, 0.3) is 0 Å². The highest BCUT2D eigenvalue weighted by Crippen LogP contribution is 2.26. The van der Waals surface area contributed by atoms with Crippen molar-refractivity contribution in [3.63, 3.8) is 0 Å². The third-order valence-corrected chi connectivity index (χ3v) is 5.80. The maximum absolute atomic E-state index is 11.3. The molecule has 2 N–H and O–H groups in total. The van der Waals surface area contributed by atoms with Crippen LogP contribution in [0, 0.1) is 11.8 Å². The quantitative estimate of drug-likeness (QED) is 0.135. The standard InChI is InChI=1S/C16H28O4.C12H24/c1-3-5-7-8-9-11-13(10-6-4-2)14(16(19)20)12-15(17)18;1-3-5-7-9-11-12-10-8-6-4-2/h8-9,13-14H,3-7,10-12H2,1-2H3,(H,17,18)(H,19,20);3H,1,4-12H2,2H3. The molecule has 0 saturated heterocycles. The van der Waals surface area contributed by atoms with Crippen LogP contribution >= 0.6 is 0 Å². The molecule has 2 atom stereocenters. The molecule has 188 valence electrons. The summed E-state index contributed by atoms with van der Waals surface area (Å²) in [5.41, 5.74) is 0. The Morgan fingerprint density at radius 2 is 1.31 bits per heavy atom. The zero-order chi connectivity index (χ0) is 24.5. The fraction of sp³-hybridized carbons (Fsp3) is 0.786. The van der Waals surface area contributed by atoms with Crippen molar-refractivity contribution in [2.24, 2.45) is 11.8 Å². The summed E-state index contributed by atoms with van der Waals surface area (Å²) in [6.07, 6.45) is 25.0. The van der Waals surface area contributed by atoms with Gasteiger partial charge in [-0.2, -0.15) is 0 Å². The second-order valence-corrected chi connectivity index (χ2v) is 8.85. The molecule has 32 heavy (non-hydrogen) atoms. The second-order valence-electron chi connectivity index (χ2n) is 8.85. The van der Waals surface area contributed by atoms with E-state index in [0.717, 1.165) is 38.5 Å². The number of hydrogen-bond acceptors (Lipinski definition) is 2. The minimum absolute atomic E-state index is 0.0820. The molecule has 0 heterocycles. The molecule has 0 aromatic rings. The van der Waals surface area contributed by atoms with E-state index >= 15 is 0 Å². The van der Waals surface area contributed by atoms with Crippen molar-refractivity contribution in [2.45, 2.75) is 130 Å². The summed E-state index contributed by atoms with van der Waals surface area (Å²) in [5.74, 6) is -2.89. The molecule has 0 aliphatic carbocycles. The van der Waals surface area contributed by atoms with Crippen LogP contribution in [0.2, 0.25) is 0 Å². The highest BCUT2D eigenvalue weighted by atomic mass is 16.4. The lowest BCUT2D eigenvalue weighted by Crippen LogP contribution is -2.26. The summed E-state index contributed by atoms with van der Waals surface area (Å²) in [6, 6.07) is 0. The maximum atomic E-state index is 11.3. The van der Waals surface area contributed by atoms with Gasteiger partial charge < -0.3 is 10.2 Å². The summed E-state index contributed by atoms with van der Waals surface area (Å²) in [5, 5.41) is 18.1. The van der Waals surface area contributed by atoms with Crippen molar-refractivity contribution in [2.75, 3.05) is 0 Å². The van der Waals surface area contributed by atoms with Crippen LogP contribution in [0.1, 0.15) is 130 Å². The van der Waals surface area contributed by atoms with E-state index < -0.39 is 17.9 Å². The van der Waals surface area contributed by atoms with Crippen molar-refractivity contribution in [1.82, 2.24) is 0 Å². The number of aliphatic carboxylic acids is 2. The number of allylic oxidation sites excluding steroid dienone is 3. The molecule has 0 fully saturated rings. The Morgan fingerprint density at radius 1 is 0.750 bits per heavy atom. The van der Waals surface area contributed by atoms with E-state index in [1.54, 1.807) is 0 Å². The summed E-state index contributed by atoms with van der Waals surface area (Å²) in [6.45, 7) is 10.2. The summed E-state index contributed by atoms with van der Waals surface area (Å²) in [4.78, 5) is 22.1. The first kappa shape index (κ1) is 32.6. The molecule has 0 aromatic heterocycles. The average molecular weight is 453 g/mol. The molecule has 0 spiro atoms. The van der Waals surface area contributed by atoms with Gasteiger partial charge in [-0.1, -0.05) is 110 Å². The minimum Gasteiger partial charge on any atom is -0.481 e. The molecular formula is C28H52O4. The minimum atomic E-state index is -1.03. The van der Waals surface area contributed by atoms with Gasteiger partial charge >= 0.3 is 11.9 Å². The molecule has 0 radical (unpaired) electrons. The predicted molar refractivity (Wildman–Crippen MR) is 137 cm³/mol. The topological polar surface area (TPSA) is 74.6 Å². The number of hydrogen-bond donors (Lipinski definition) is 2. The van der Waals surface area contributed by atoms with Gasteiger partial charge in [0.05, 0.1) is 12.3 Å². The largest absolute Gasteiger partial charge is 0.481 e. The van der Waals surface area contributed by atoms with Gasteiger partial charge in [-0.25, -0.2) is 0 Å². The van der Waals surface area contributed by atoms with E-state index in [1.165, 1.54) is 57.8 Å². The van der Waals surface area contributed by atoms with Crippen molar-refractivity contribution < 1.29 is 19.8 Å². The van der Waals surface area contributed by atoms with Crippen LogP contribution in [-0.2, 0) is 9.59 Å². The van der Waals surface area contributed by atoms with Gasteiger partial charge in [0, 0.05) is 0 Å². The van der Waals surface area contributed by atoms with E-state index in [1.807, 2.05) is 12.2 Å². The maximum Gasteiger partial charge on any atom is 0.307 e. The van der Waals surface area contributed by atoms with Crippen molar-refractivity contribution in [3.8, 4) is 0 Å². The van der Waals surface area contributed by atoms with Crippen LogP contribution in [0.5, 0.6) is 0 Å². The Labute approximate surface area is 198 Å². The zero-order valence-electron chi connectivity index (χ0n) is 21.3. The number of carboxylic acid groups (broad SMARTS) is 2. The monoisotopic (exact) mass is 452 g/mol. The van der Waals surface area contributed by atoms with E-state index in [4.69, 9.17) is 5.11 Å². The van der Waals surface area contributed by atoms with Crippen molar-refractivity contribution in [1.29, 1.82) is 0 Å². The summed E-state index contributed by atoms with van der Waals surface area (Å²) < 4.78 is 0. The lowest BCUT2D eigenvalue weighted by atomic mass is 9.83. The smallest absolute Gasteiger partial charge is 0.307 e. The molecule has 4 nitrogen and oxygen atoms in total. The van der Waals surface area contributed by atoms with Crippen LogP contribution in [0.25, 0.3) is 0 Å². The predicted octanol–water partition coefficient (Wildman–Crippen LogP) is 8.81. The first-order chi connectivity index (χ1) is 15.4. The number of rotatable bonds is 21. The Balaban J connectivity index is 0. The summed E-state index contributed by atoms with van der Waals surface area (Å²) in [7, 11) is 0. The molecule has 2 unspecified atom stereocenters. The molecular weight excluding hydrogens is 400 g/mol. The fourth-order valence-electron chi connectivity index (χ4n) is 3.73. The van der Waals surface area contributed by atoms with Crippen molar-refractivity contribution >= 4 is 11.9 Å². The van der Waals surface area contributed by atoms with Gasteiger partial charge in [0.2, 0.25) is 0 Å². The zero-order valence-corrected chi connectivity index (χ0v) is 21.3. The van der Waals surface area contributed by atoms with Crippen LogP contribution in [-0.4, -0.2) is 22.2 Å². The summed E-state index contributed by atoms with van der Waals surface area (Å²) >= 11 is 0. The Kier molecular flexibility index (Phi) is 26.2.